The number of aromatic nitrogens is 2. The Morgan fingerprint density at radius 1 is 1.04 bits per heavy atom. The molecule has 1 aliphatic rings. The molecule has 3 aromatic rings. The molecule has 0 fully saturated rings. The molecule has 0 aliphatic heterocycles. The minimum Gasteiger partial charge on any atom is -0.361 e. The Balaban J connectivity index is 1.79. The van der Waals surface area contributed by atoms with Gasteiger partial charge in [-0.05, 0) is 79.2 Å². The van der Waals surface area contributed by atoms with Crippen LogP contribution in [0.15, 0.2) is 42.9 Å². The van der Waals surface area contributed by atoms with Crippen LogP contribution < -0.4 is 0 Å². The van der Waals surface area contributed by atoms with Gasteiger partial charge in [-0.2, -0.15) is 0 Å². The van der Waals surface area contributed by atoms with E-state index in [1.807, 2.05) is 12.4 Å². The van der Waals surface area contributed by atoms with Crippen molar-refractivity contribution in [2.45, 2.75) is 45.6 Å². The zero-order valence-corrected chi connectivity index (χ0v) is 15.3. The van der Waals surface area contributed by atoms with Crippen LogP contribution in [0.2, 0.25) is 0 Å². The Labute approximate surface area is 150 Å². The topological polar surface area (TPSA) is 31.9 Å². The lowest BCUT2D eigenvalue weighted by Gasteiger charge is -2.35. The molecule has 130 valence electrons. The van der Waals surface area contributed by atoms with Gasteiger partial charge >= 0.3 is 0 Å². The van der Waals surface area contributed by atoms with Gasteiger partial charge in [-0.15, -0.1) is 0 Å². The average Bonchev–Trinajstić information content (AvgIpc) is 3.07. The van der Waals surface area contributed by atoms with E-state index in [1.165, 1.54) is 59.1 Å². The standard InChI is InChI=1S/C22H27N3/c1-3-11-25(12-4-2)18-13-17-15-24-21-6-5-19(20(14-18)22(17)21)16-7-9-23-10-8-16/h5-10,15,18,24H,3-4,11-14H2,1-2H3/t18-/m0/s1. The summed E-state index contributed by atoms with van der Waals surface area (Å²) >= 11 is 0. The van der Waals surface area contributed by atoms with E-state index in [4.69, 9.17) is 0 Å². The van der Waals surface area contributed by atoms with E-state index < -0.39 is 0 Å². The van der Waals surface area contributed by atoms with Gasteiger partial charge < -0.3 is 4.98 Å². The van der Waals surface area contributed by atoms with E-state index in [-0.39, 0.29) is 0 Å². The lowest BCUT2D eigenvalue weighted by Crippen LogP contribution is -2.41. The molecule has 1 atom stereocenters. The fourth-order valence-corrected chi connectivity index (χ4v) is 4.42. The minimum atomic E-state index is 0.606. The number of rotatable bonds is 6. The van der Waals surface area contributed by atoms with Gasteiger partial charge in [-0.3, -0.25) is 9.88 Å². The highest BCUT2D eigenvalue weighted by Gasteiger charge is 2.27. The summed E-state index contributed by atoms with van der Waals surface area (Å²) in [7, 11) is 0. The lowest BCUT2D eigenvalue weighted by molar-refractivity contribution is 0.192. The predicted molar refractivity (Wildman–Crippen MR) is 105 cm³/mol. The van der Waals surface area contributed by atoms with Crippen molar-refractivity contribution in [1.29, 1.82) is 0 Å². The smallest absolute Gasteiger partial charge is 0.0460 e. The van der Waals surface area contributed by atoms with E-state index in [0.717, 1.165) is 12.8 Å². The number of nitrogens with one attached hydrogen (secondary N) is 1. The van der Waals surface area contributed by atoms with Crippen molar-refractivity contribution in [2.75, 3.05) is 13.1 Å². The van der Waals surface area contributed by atoms with Crippen molar-refractivity contribution in [3.63, 3.8) is 0 Å². The third kappa shape index (κ3) is 2.98. The Hall–Kier alpha value is -2.13. The normalized spacial score (nSPS) is 16.7. The molecule has 3 nitrogen and oxygen atoms in total. The Morgan fingerprint density at radius 2 is 1.80 bits per heavy atom. The second-order valence-electron chi connectivity index (χ2n) is 7.16. The zero-order valence-electron chi connectivity index (χ0n) is 15.3. The molecule has 2 aromatic heterocycles. The van der Waals surface area contributed by atoms with Gasteiger partial charge in [0.05, 0.1) is 0 Å². The van der Waals surface area contributed by atoms with E-state index in [2.05, 4.69) is 59.2 Å². The van der Waals surface area contributed by atoms with Crippen LogP contribution in [0.4, 0.5) is 0 Å². The highest BCUT2D eigenvalue weighted by atomic mass is 15.1. The SMILES string of the molecule is CCCN(CCC)[C@H]1Cc2c[nH]c3ccc(-c4ccncc4)c(c23)C1. The summed E-state index contributed by atoms with van der Waals surface area (Å²) < 4.78 is 0. The number of H-pyrrole nitrogens is 1. The molecular weight excluding hydrogens is 306 g/mol. The molecule has 0 spiro atoms. The summed E-state index contributed by atoms with van der Waals surface area (Å²) in [5.41, 5.74) is 6.91. The number of hydrogen-bond acceptors (Lipinski definition) is 2. The zero-order chi connectivity index (χ0) is 17.2. The van der Waals surface area contributed by atoms with E-state index in [1.54, 1.807) is 0 Å². The van der Waals surface area contributed by atoms with Gasteiger partial charge in [0.1, 0.15) is 0 Å². The molecule has 1 aromatic carbocycles. The minimum absolute atomic E-state index is 0.606. The van der Waals surface area contributed by atoms with Crippen LogP contribution in [0.3, 0.4) is 0 Å². The first kappa shape index (κ1) is 16.3. The van der Waals surface area contributed by atoms with Crippen LogP contribution in [0.25, 0.3) is 22.0 Å². The van der Waals surface area contributed by atoms with Gasteiger partial charge in [0.2, 0.25) is 0 Å². The summed E-state index contributed by atoms with van der Waals surface area (Å²) in [6, 6.07) is 9.37. The predicted octanol–water partition coefficient (Wildman–Crippen LogP) is 4.82. The van der Waals surface area contributed by atoms with Crippen LogP contribution in [0, 0.1) is 0 Å². The van der Waals surface area contributed by atoms with E-state index in [0.29, 0.717) is 6.04 Å². The Morgan fingerprint density at radius 3 is 2.52 bits per heavy atom. The van der Waals surface area contributed by atoms with Gasteiger partial charge in [-0.1, -0.05) is 19.9 Å². The highest BCUT2D eigenvalue weighted by Crippen LogP contribution is 2.37. The van der Waals surface area contributed by atoms with E-state index in [9.17, 15) is 0 Å². The van der Waals surface area contributed by atoms with Crippen LogP contribution in [0.5, 0.6) is 0 Å². The number of pyridine rings is 1. The largest absolute Gasteiger partial charge is 0.361 e. The number of hydrogen-bond donors (Lipinski definition) is 1. The second-order valence-corrected chi connectivity index (χ2v) is 7.16. The number of nitrogens with zero attached hydrogens (tertiary/aromatic N) is 2. The highest BCUT2D eigenvalue weighted by molar-refractivity contribution is 5.93. The molecule has 1 N–H and O–H groups in total. The summed E-state index contributed by atoms with van der Waals surface area (Å²) in [6.07, 6.45) is 10.8. The molecule has 0 amide bonds. The van der Waals surface area contributed by atoms with Crippen LogP contribution in [-0.4, -0.2) is 34.0 Å². The Bertz CT molecular complexity index is 844. The molecule has 0 saturated heterocycles. The molecule has 0 saturated carbocycles. The van der Waals surface area contributed by atoms with Crippen LogP contribution in [0.1, 0.15) is 37.8 Å². The quantitative estimate of drug-likeness (QED) is 0.701. The molecule has 25 heavy (non-hydrogen) atoms. The molecule has 3 heteroatoms. The monoisotopic (exact) mass is 333 g/mol. The fraction of sp³-hybridized carbons (Fsp3) is 0.409. The van der Waals surface area contributed by atoms with Gasteiger partial charge in [0.25, 0.3) is 0 Å². The van der Waals surface area contributed by atoms with Crippen molar-refractivity contribution in [1.82, 2.24) is 14.9 Å². The first-order valence-corrected chi connectivity index (χ1v) is 9.58. The van der Waals surface area contributed by atoms with Crippen molar-refractivity contribution >= 4 is 10.9 Å². The number of aromatic amines is 1. The Kier molecular flexibility index (Phi) is 4.58. The van der Waals surface area contributed by atoms with Crippen molar-refractivity contribution < 1.29 is 0 Å². The molecule has 0 radical (unpaired) electrons. The van der Waals surface area contributed by atoms with E-state index >= 15 is 0 Å². The number of benzene rings is 1. The first-order chi connectivity index (χ1) is 12.3. The first-order valence-electron chi connectivity index (χ1n) is 9.58. The van der Waals surface area contributed by atoms with Crippen molar-refractivity contribution in [2.24, 2.45) is 0 Å². The summed E-state index contributed by atoms with van der Waals surface area (Å²) in [5, 5.41) is 1.46. The second kappa shape index (κ2) is 7.01. The van der Waals surface area contributed by atoms with Crippen molar-refractivity contribution in [3.8, 4) is 11.1 Å². The molecule has 0 bridgehead atoms. The molecule has 4 rings (SSSR count). The molecular formula is C22H27N3. The summed E-state index contributed by atoms with van der Waals surface area (Å²) in [5.74, 6) is 0. The van der Waals surface area contributed by atoms with Crippen LogP contribution >= 0.6 is 0 Å². The van der Waals surface area contributed by atoms with Gasteiger partial charge in [0.15, 0.2) is 0 Å². The summed E-state index contributed by atoms with van der Waals surface area (Å²) in [4.78, 5) is 10.4. The maximum absolute atomic E-state index is 4.19. The molecule has 2 heterocycles. The molecule has 0 unspecified atom stereocenters. The average molecular weight is 333 g/mol. The maximum atomic E-state index is 4.19. The van der Waals surface area contributed by atoms with Crippen LogP contribution in [-0.2, 0) is 12.8 Å². The summed E-state index contributed by atoms with van der Waals surface area (Å²) in [6.45, 7) is 6.96. The third-order valence-electron chi connectivity index (χ3n) is 5.46. The molecule has 1 aliphatic carbocycles. The third-order valence-corrected chi connectivity index (χ3v) is 5.46. The van der Waals surface area contributed by atoms with Gasteiger partial charge in [-0.25, -0.2) is 0 Å². The van der Waals surface area contributed by atoms with Crippen molar-refractivity contribution in [3.05, 3.63) is 54.0 Å². The lowest BCUT2D eigenvalue weighted by atomic mass is 9.84. The van der Waals surface area contributed by atoms with Gasteiger partial charge in [0, 0.05) is 35.5 Å². The maximum Gasteiger partial charge on any atom is 0.0460 e. The fourth-order valence-electron chi connectivity index (χ4n) is 4.42.